The summed E-state index contributed by atoms with van der Waals surface area (Å²) in [7, 11) is 0. The van der Waals surface area contributed by atoms with Gasteiger partial charge in [-0.25, -0.2) is 0 Å². The molecule has 0 aromatic rings. The summed E-state index contributed by atoms with van der Waals surface area (Å²) in [5, 5.41) is 2.91. The normalized spacial score (nSPS) is 26.8. The van der Waals surface area contributed by atoms with Crippen molar-refractivity contribution < 1.29 is 9.59 Å². The van der Waals surface area contributed by atoms with E-state index in [4.69, 9.17) is 0 Å². The molecule has 0 bridgehead atoms. The van der Waals surface area contributed by atoms with Crippen molar-refractivity contribution in [3.63, 3.8) is 0 Å². The van der Waals surface area contributed by atoms with Gasteiger partial charge in [0.15, 0.2) is 0 Å². The van der Waals surface area contributed by atoms with E-state index in [1.54, 1.807) is 4.90 Å². The van der Waals surface area contributed by atoms with Crippen LogP contribution in [-0.4, -0.2) is 34.8 Å². The molecule has 2 unspecified atom stereocenters. The maximum Gasteiger partial charge on any atom is 0.246 e. The number of amides is 2. The number of carbonyl (C=O) groups is 2. The maximum absolute atomic E-state index is 12.7. The molecule has 0 aromatic heterocycles. The lowest BCUT2D eigenvalue weighted by atomic mass is 9.88. The average molecular weight is 280 g/mol. The van der Waals surface area contributed by atoms with E-state index in [0.29, 0.717) is 25.3 Å². The minimum atomic E-state index is -0.740. The van der Waals surface area contributed by atoms with E-state index < -0.39 is 5.54 Å². The third-order valence-corrected chi connectivity index (χ3v) is 4.03. The van der Waals surface area contributed by atoms with Crippen molar-refractivity contribution >= 4 is 11.8 Å². The fraction of sp³-hybridized carbons (Fsp3) is 0.750. The van der Waals surface area contributed by atoms with Crippen molar-refractivity contribution in [2.45, 2.75) is 66.0 Å². The fourth-order valence-electron chi connectivity index (χ4n) is 2.48. The van der Waals surface area contributed by atoms with Crippen molar-refractivity contribution in [2.75, 3.05) is 6.54 Å². The van der Waals surface area contributed by atoms with Gasteiger partial charge in [-0.05, 0) is 39.5 Å². The van der Waals surface area contributed by atoms with Gasteiger partial charge in [-0.1, -0.05) is 32.4 Å². The molecule has 0 aromatic carbocycles. The van der Waals surface area contributed by atoms with E-state index in [2.05, 4.69) is 19.2 Å². The first-order valence-corrected chi connectivity index (χ1v) is 7.48. The molecule has 114 valence electrons. The van der Waals surface area contributed by atoms with Crippen LogP contribution in [0.1, 0.15) is 54.4 Å². The summed E-state index contributed by atoms with van der Waals surface area (Å²) in [6.45, 7) is 12.4. The number of nitrogens with one attached hydrogen (secondary N) is 1. The number of piperazine rings is 1. The van der Waals surface area contributed by atoms with Gasteiger partial charge in [0.1, 0.15) is 11.6 Å². The lowest BCUT2D eigenvalue weighted by Gasteiger charge is -2.46. The van der Waals surface area contributed by atoms with E-state index in [1.165, 1.54) is 0 Å². The lowest BCUT2D eigenvalue weighted by Crippen LogP contribution is -2.69. The molecule has 1 aliphatic rings. The molecule has 1 saturated heterocycles. The Labute approximate surface area is 122 Å². The predicted molar refractivity (Wildman–Crippen MR) is 81.2 cm³/mol. The van der Waals surface area contributed by atoms with Crippen molar-refractivity contribution in [1.29, 1.82) is 0 Å². The van der Waals surface area contributed by atoms with Gasteiger partial charge in [-0.15, -0.1) is 0 Å². The van der Waals surface area contributed by atoms with Gasteiger partial charge in [0.05, 0.1) is 0 Å². The molecule has 4 nitrogen and oxygen atoms in total. The Kier molecular flexibility index (Phi) is 5.37. The molecule has 1 N–H and O–H groups in total. The van der Waals surface area contributed by atoms with Crippen LogP contribution in [0, 0.1) is 5.92 Å². The molecule has 1 aliphatic heterocycles. The van der Waals surface area contributed by atoms with Gasteiger partial charge in [0.2, 0.25) is 11.8 Å². The highest BCUT2D eigenvalue weighted by Crippen LogP contribution is 2.27. The fourth-order valence-corrected chi connectivity index (χ4v) is 2.48. The van der Waals surface area contributed by atoms with Gasteiger partial charge in [0, 0.05) is 6.54 Å². The molecule has 2 atom stereocenters. The Hall–Kier alpha value is -1.32. The second-order valence-corrected chi connectivity index (χ2v) is 6.51. The van der Waals surface area contributed by atoms with Gasteiger partial charge < -0.3 is 10.2 Å². The number of hydrogen-bond acceptors (Lipinski definition) is 2. The van der Waals surface area contributed by atoms with Crippen molar-refractivity contribution in [3.8, 4) is 0 Å². The molecule has 1 rings (SSSR count). The molecular weight excluding hydrogens is 252 g/mol. The van der Waals surface area contributed by atoms with Crippen LogP contribution < -0.4 is 5.32 Å². The second-order valence-electron chi connectivity index (χ2n) is 6.51. The van der Waals surface area contributed by atoms with Gasteiger partial charge in [-0.3, -0.25) is 9.59 Å². The summed E-state index contributed by atoms with van der Waals surface area (Å²) in [6.07, 6.45) is 3.32. The maximum atomic E-state index is 12.7. The van der Waals surface area contributed by atoms with Crippen LogP contribution in [0.5, 0.6) is 0 Å². The van der Waals surface area contributed by atoms with Gasteiger partial charge in [-0.2, -0.15) is 0 Å². The molecule has 1 heterocycles. The summed E-state index contributed by atoms with van der Waals surface area (Å²) < 4.78 is 0. The van der Waals surface area contributed by atoms with E-state index in [1.807, 2.05) is 33.8 Å². The van der Waals surface area contributed by atoms with Crippen LogP contribution in [0.4, 0.5) is 0 Å². The summed E-state index contributed by atoms with van der Waals surface area (Å²) >= 11 is 0. The van der Waals surface area contributed by atoms with E-state index in [9.17, 15) is 9.59 Å². The number of carbonyl (C=O) groups excluding carboxylic acids is 2. The quantitative estimate of drug-likeness (QED) is 0.787. The zero-order valence-electron chi connectivity index (χ0n) is 13.6. The Morgan fingerprint density at radius 1 is 1.40 bits per heavy atom. The minimum absolute atomic E-state index is 0.0348. The molecule has 4 heteroatoms. The predicted octanol–water partition coefficient (Wildman–Crippen LogP) is 2.49. The van der Waals surface area contributed by atoms with Gasteiger partial charge in [0.25, 0.3) is 0 Å². The molecule has 0 radical (unpaired) electrons. The summed E-state index contributed by atoms with van der Waals surface area (Å²) in [5.74, 6) is 0.382. The molecule has 0 spiro atoms. The Morgan fingerprint density at radius 3 is 2.45 bits per heavy atom. The first kappa shape index (κ1) is 16.7. The molecule has 20 heavy (non-hydrogen) atoms. The molecule has 0 aliphatic carbocycles. The first-order chi connectivity index (χ1) is 9.22. The summed E-state index contributed by atoms with van der Waals surface area (Å²) in [6, 6.07) is -0.382. The van der Waals surface area contributed by atoms with Crippen molar-refractivity contribution in [1.82, 2.24) is 10.2 Å². The third kappa shape index (κ3) is 3.41. The highest BCUT2D eigenvalue weighted by atomic mass is 16.2. The van der Waals surface area contributed by atoms with Crippen LogP contribution in [0.2, 0.25) is 0 Å². The van der Waals surface area contributed by atoms with Crippen LogP contribution in [0.15, 0.2) is 11.6 Å². The highest BCUT2D eigenvalue weighted by Gasteiger charge is 2.47. The van der Waals surface area contributed by atoms with Crippen LogP contribution in [0.25, 0.3) is 0 Å². The zero-order valence-corrected chi connectivity index (χ0v) is 13.6. The summed E-state index contributed by atoms with van der Waals surface area (Å²) in [5.41, 5.74) is 0.416. The standard InChI is InChI=1S/C16H28N2O2/c1-7-16(6)15(20)17-13(10-12(4)5)14(19)18(16)9-8-11(2)3/h8,12-13H,7,9-10H2,1-6H3,(H,17,20). The van der Waals surface area contributed by atoms with Crippen LogP contribution in [0.3, 0.4) is 0 Å². The number of rotatable bonds is 5. The molecule has 0 saturated carbocycles. The minimum Gasteiger partial charge on any atom is -0.342 e. The van der Waals surface area contributed by atoms with Crippen LogP contribution >= 0.6 is 0 Å². The van der Waals surface area contributed by atoms with E-state index in [-0.39, 0.29) is 17.9 Å². The van der Waals surface area contributed by atoms with Crippen molar-refractivity contribution in [3.05, 3.63) is 11.6 Å². The first-order valence-electron chi connectivity index (χ1n) is 7.48. The number of nitrogens with zero attached hydrogens (tertiary/aromatic N) is 1. The Balaban J connectivity index is 3.05. The lowest BCUT2D eigenvalue weighted by molar-refractivity contribution is -0.156. The largest absolute Gasteiger partial charge is 0.342 e. The monoisotopic (exact) mass is 280 g/mol. The van der Waals surface area contributed by atoms with Crippen LogP contribution in [-0.2, 0) is 9.59 Å². The SMILES string of the molecule is CCC1(C)C(=O)NC(CC(C)C)C(=O)N1CC=C(C)C. The van der Waals surface area contributed by atoms with Crippen molar-refractivity contribution in [2.24, 2.45) is 5.92 Å². The summed E-state index contributed by atoms with van der Waals surface area (Å²) in [4.78, 5) is 26.8. The van der Waals surface area contributed by atoms with Gasteiger partial charge >= 0.3 is 0 Å². The number of hydrogen-bond donors (Lipinski definition) is 1. The molecule has 2 amide bonds. The molecular formula is C16H28N2O2. The van der Waals surface area contributed by atoms with E-state index in [0.717, 1.165) is 5.57 Å². The zero-order chi connectivity index (χ0) is 15.5. The topological polar surface area (TPSA) is 49.4 Å². The molecule has 1 fully saturated rings. The Morgan fingerprint density at radius 2 is 2.00 bits per heavy atom. The highest BCUT2D eigenvalue weighted by molar-refractivity contribution is 5.99. The Bertz CT molecular complexity index is 411. The van der Waals surface area contributed by atoms with E-state index >= 15 is 0 Å². The average Bonchev–Trinajstić information content (AvgIpc) is 2.34. The smallest absolute Gasteiger partial charge is 0.246 e. The third-order valence-electron chi connectivity index (χ3n) is 4.03. The number of allylic oxidation sites excluding steroid dienone is 1. The second kappa shape index (κ2) is 6.42.